The summed E-state index contributed by atoms with van der Waals surface area (Å²) in [4.78, 5) is 15.4. The van der Waals surface area contributed by atoms with Gasteiger partial charge in [-0.3, -0.25) is 0 Å². The van der Waals surface area contributed by atoms with Gasteiger partial charge in [0, 0.05) is 18.1 Å². The standard InChI is InChI=1S/C13H16F3NO3S/c1-8-6-9(2)17-11(10(8)12(18)19)21-5-3-4-20-7-13(14,15)16/h6H,3-5,7H2,1-2H3,(H,18,19). The number of nitrogens with zero attached hydrogens (tertiary/aromatic N) is 1. The van der Waals surface area contributed by atoms with Crippen LogP contribution in [0.25, 0.3) is 0 Å². The van der Waals surface area contributed by atoms with Crippen molar-refractivity contribution in [1.82, 2.24) is 4.98 Å². The number of aromatic carboxylic acids is 1. The number of ether oxygens (including phenoxy) is 1. The number of carboxylic acid groups (broad SMARTS) is 1. The van der Waals surface area contributed by atoms with Gasteiger partial charge < -0.3 is 9.84 Å². The van der Waals surface area contributed by atoms with E-state index in [1.54, 1.807) is 19.9 Å². The van der Waals surface area contributed by atoms with Gasteiger partial charge in [-0.25, -0.2) is 9.78 Å². The summed E-state index contributed by atoms with van der Waals surface area (Å²) >= 11 is 1.21. The molecule has 1 rings (SSSR count). The SMILES string of the molecule is Cc1cc(C)c(C(=O)O)c(SCCCOCC(F)(F)F)n1. The van der Waals surface area contributed by atoms with Gasteiger partial charge in [-0.1, -0.05) is 0 Å². The van der Waals surface area contributed by atoms with Crippen molar-refractivity contribution in [2.75, 3.05) is 19.0 Å². The Hall–Kier alpha value is -1.28. The summed E-state index contributed by atoms with van der Waals surface area (Å²) in [5.74, 6) is -0.621. The van der Waals surface area contributed by atoms with E-state index in [1.807, 2.05) is 0 Å². The van der Waals surface area contributed by atoms with Crippen molar-refractivity contribution in [3.63, 3.8) is 0 Å². The summed E-state index contributed by atoms with van der Waals surface area (Å²) in [5, 5.41) is 9.55. The van der Waals surface area contributed by atoms with E-state index in [-0.39, 0.29) is 12.2 Å². The lowest BCUT2D eigenvalue weighted by molar-refractivity contribution is -0.173. The van der Waals surface area contributed by atoms with Crippen molar-refractivity contribution in [2.24, 2.45) is 0 Å². The van der Waals surface area contributed by atoms with Crippen LogP contribution >= 0.6 is 11.8 Å². The predicted octanol–water partition coefficient (Wildman–Crippen LogP) is 3.46. The number of halogens is 3. The van der Waals surface area contributed by atoms with Gasteiger partial charge in [0.2, 0.25) is 0 Å². The molecule has 1 aromatic heterocycles. The van der Waals surface area contributed by atoms with Crippen LogP contribution in [0, 0.1) is 13.8 Å². The Balaban J connectivity index is 2.50. The minimum absolute atomic E-state index is 0.0281. The highest BCUT2D eigenvalue weighted by Crippen LogP contribution is 2.25. The monoisotopic (exact) mass is 323 g/mol. The summed E-state index contributed by atoms with van der Waals surface area (Å²) in [6.07, 6.45) is -3.94. The highest BCUT2D eigenvalue weighted by atomic mass is 32.2. The van der Waals surface area contributed by atoms with E-state index < -0.39 is 18.8 Å². The van der Waals surface area contributed by atoms with E-state index in [1.165, 1.54) is 11.8 Å². The van der Waals surface area contributed by atoms with Gasteiger partial charge in [-0.2, -0.15) is 13.2 Å². The van der Waals surface area contributed by atoms with E-state index in [9.17, 15) is 18.0 Å². The quantitative estimate of drug-likeness (QED) is 0.615. The molecule has 0 atom stereocenters. The fraction of sp³-hybridized carbons (Fsp3) is 0.538. The van der Waals surface area contributed by atoms with Crippen molar-refractivity contribution in [3.05, 3.63) is 22.9 Å². The molecule has 1 heterocycles. The Labute approximate surface area is 124 Å². The van der Waals surface area contributed by atoms with Crippen LogP contribution in [0.5, 0.6) is 0 Å². The topological polar surface area (TPSA) is 59.4 Å². The van der Waals surface area contributed by atoms with E-state index in [0.29, 0.717) is 28.5 Å². The van der Waals surface area contributed by atoms with Crippen LogP contribution in [-0.4, -0.2) is 41.2 Å². The molecule has 1 N–H and O–H groups in total. The molecular weight excluding hydrogens is 307 g/mol. The molecule has 0 fully saturated rings. The van der Waals surface area contributed by atoms with Crippen LogP contribution in [0.4, 0.5) is 13.2 Å². The minimum atomic E-state index is -4.32. The molecule has 0 radical (unpaired) electrons. The number of hydrogen-bond donors (Lipinski definition) is 1. The smallest absolute Gasteiger partial charge is 0.411 e. The van der Waals surface area contributed by atoms with Crippen LogP contribution in [0.2, 0.25) is 0 Å². The first-order valence-corrected chi connectivity index (χ1v) is 7.18. The van der Waals surface area contributed by atoms with Crippen LogP contribution < -0.4 is 0 Å². The number of carbonyl (C=O) groups is 1. The zero-order valence-corrected chi connectivity index (χ0v) is 12.5. The predicted molar refractivity (Wildman–Crippen MR) is 72.9 cm³/mol. The lowest BCUT2D eigenvalue weighted by Gasteiger charge is -2.10. The Bertz CT molecular complexity index is 506. The highest BCUT2D eigenvalue weighted by molar-refractivity contribution is 7.99. The summed E-state index contributed by atoms with van der Waals surface area (Å²) in [7, 11) is 0. The van der Waals surface area contributed by atoms with Crippen LogP contribution in [0.1, 0.15) is 28.0 Å². The maximum atomic E-state index is 11.9. The maximum Gasteiger partial charge on any atom is 0.411 e. The Morgan fingerprint density at radius 1 is 1.43 bits per heavy atom. The van der Waals surface area contributed by atoms with Gasteiger partial charge in [0.15, 0.2) is 0 Å². The van der Waals surface area contributed by atoms with Crippen molar-refractivity contribution >= 4 is 17.7 Å². The normalized spacial score (nSPS) is 11.7. The molecule has 4 nitrogen and oxygen atoms in total. The lowest BCUT2D eigenvalue weighted by Crippen LogP contribution is -2.17. The maximum absolute atomic E-state index is 11.9. The first kappa shape index (κ1) is 17.8. The molecule has 0 bridgehead atoms. The third kappa shape index (κ3) is 6.34. The van der Waals surface area contributed by atoms with Crippen LogP contribution in [-0.2, 0) is 4.74 Å². The van der Waals surface area contributed by atoms with Crippen molar-refractivity contribution < 1.29 is 27.8 Å². The average molecular weight is 323 g/mol. The number of alkyl halides is 3. The third-order valence-electron chi connectivity index (χ3n) is 2.46. The van der Waals surface area contributed by atoms with E-state index >= 15 is 0 Å². The molecule has 8 heteroatoms. The van der Waals surface area contributed by atoms with E-state index in [4.69, 9.17) is 5.11 Å². The third-order valence-corrected chi connectivity index (χ3v) is 3.52. The molecule has 0 saturated carbocycles. The molecule has 118 valence electrons. The molecule has 0 saturated heterocycles. The Morgan fingerprint density at radius 2 is 2.10 bits per heavy atom. The zero-order chi connectivity index (χ0) is 16.0. The van der Waals surface area contributed by atoms with Crippen molar-refractivity contribution in [1.29, 1.82) is 0 Å². The van der Waals surface area contributed by atoms with E-state index in [2.05, 4.69) is 9.72 Å². The Kier molecular flexibility index (Phi) is 6.47. The fourth-order valence-electron chi connectivity index (χ4n) is 1.68. The molecular formula is C13H16F3NO3S. The molecule has 21 heavy (non-hydrogen) atoms. The van der Waals surface area contributed by atoms with Crippen LogP contribution in [0.15, 0.2) is 11.1 Å². The molecule has 0 amide bonds. The molecule has 0 spiro atoms. The fourth-order valence-corrected chi connectivity index (χ4v) is 2.74. The number of hydrogen-bond acceptors (Lipinski definition) is 4. The van der Waals surface area contributed by atoms with Gasteiger partial charge in [0.1, 0.15) is 11.6 Å². The molecule has 0 aromatic carbocycles. The van der Waals surface area contributed by atoms with E-state index in [0.717, 1.165) is 0 Å². The minimum Gasteiger partial charge on any atom is -0.478 e. The Morgan fingerprint density at radius 3 is 2.67 bits per heavy atom. The number of thioether (sulfide) groups is 1. The zero-order valence-electron chi connectivity index (χ0n) is 11.7. The molecule has 0 aliphatic carbocycles. The van der Waals surface area contributed by atoms with Crippen LogP contribution in [0.3, 0.4) is 0 Å². The summed E-state index contributed by atoms with van der Waals surface area (Å²) in [5.41, 5.74) is 1.46. The lowest BCUT2D eigenvalue weighted by atomic mass is 10.1. The average Bonchev–Trinajstić information content (AvgIpc) is 2.30. The second-order valence-corrected chi connectivity index (χ2v) is 5.52. The molecule has 0 unspecified atom stereocenters. The number of carboxylic acids is 1. The number of aryl methyl sites for hydroxylation is 2. The summed E-state index contributed by atoms with van der Waals surface area (Å²) < 4.78 is 40.1. The van der Waals surface area contributed by atoms with Crippen molar-refractivity contribution in [3.8, 4) is 0 Å². The molecule has 0 aliphatic rings. The number of aromatic nitrogens is 1. The van der Waals surface area contributed by atoms with Gasteiger partial charge in [0.25, 0.3) is 0 Å². The number of pyridine rings is 1. The van der Waals surface area contributed by atoms with Gasteiger partial charge in [-0.15, -0.1) is 11.8 Å². The summed E-state index contributed by atoms with van der Waals surface area (Å²) in [6.45, 7) is 2.16. The second-order valence-electron chi connectivity index (χ2n) is 4.44. The largest absolute Gasteiger partial charge is 0.478 e. The first-order valence-electron chi connectivity index (χ1n) is 6.19. The second kappa shape index (κ2) is 7.65. The van der Waals surface area contributed by atoms with Gasteiger partial charge in [-0.05, 0) is 31.9 Å². The molecule has 1 aromatic rings. The van der Waals surface area contributed by atoms with Gasteiger partial charge >= 0.3 is 12.1 Å². The summed E-state index contributed by atoms with van der Waals surface area (Å²) in [6, 6.07) is 1.68. The van der Waals surface area contributed by atoms with Crippen molar-refractivity contribution in [2.45, 2.75) is 31.5 Å². The first-order chi connectivity index (χ1) is 9.70. The van der Waals surface area contributed by atoms with Gasteiger partial charge in [0.05, 0.1) is 5.56 Å². The molecule has 0 aliphatic heterocycles. The number of rotatable bonds is 7. The highest BCUT2D eigenvalue weighted by Gasteiger charge is 2.27.